The maximum absolute atomic E-state index is 5.54. The van der Waals surface area contributed by atoms with Crippen molar-refractivity contribution in [3.63, 3.8) is 0 Å². The molecule has 0 amide bonds. The summed E-state index contributed by atoms with van der Waals surface area (Å²) in [5, 5.41) is 0. The molecule has 1 aliphatic rings. The maximum Gasteiger partial charge on any atom is 0.136 e. The predicted octanol–water partition coefficient (Wildman–Crippen LogP) is 1.44. The molecule has 0 fully saturated rings. The van der Waals surface area contributed by atoms with Gasteiger partial charge >= 0.3 is 0 Å². The fourth-order valence-electron chi connectivity index (χ4n) is 1.16. The average Bonchev–Trinajstić information content (AvgIpc) is 2.27. The number of para-hydroxylation sites is 1. The zero-order valence-electron chi connectivity index (χ0n) is 5.54. The second kappa shape index (κ2) is 1.98. The van der Waals surface area contributed by atoms with Gasteiger partial charge in [-0.2, -0.15) is 0 Å². The first-order valence-corrected chi connectivity index (χ1v) is 3.27. The number of benzene rings is 1. The Morgan fingerprint density at radius 1 is 1.30 bits per heavy atom. The van der Waals surface area contributed by atoms with E-state index in [2.05, 4.69) is 11.1 Å². The summed E-state index contributed by atoms with van der Waals surface area (Å²) in [6.07, 6.45) is 0.816. The van der Waals surface area contributed by atoms with Gasteiger partial charge < -0.3 is 0 Å². The lowest BCUT2D eigenvalue weighted by Crippen LogP contribution is -1.94. The van der Waals surface area contributed by atoms with E-state index < -0.39 is 0 Å². The van der Waals surface area contributed by atoms with Crippen LogP contribution < -0.4 is 0 Å². The largest absolute Gasteiger partial charge is 0.269 e. The Hall–Kier alpha value is -1.05. The molecule has 10 heavy (non-hydrogen) atoms. The van der Waals surface area contributed by atoms with E-state index in [0.717, 1.165) is 17.7 Å². The van der Waals surface area contributed by atoms with E-state index in [1.54, 1.807) is 0 Å². The molecule has 0 saturated heterocycles. The van der Waals surface area contributed by atoms with Gasteiger partial charge in [-0.1, -0.05) is 18.2 Å². The predicted molar refractivity (Wildman–Crippen MR) is 43.0 cm³/mol. The molecule has 2 heteroatoms. The molecule has 0 bridgehead atoms. The van der Waals surface area contributed by atoms with Crippen molar-refractivity contribution >= 4 is 19.1 Å². The van der Waals surface area contributed by atoms with Crippen molar-refractivity contribution in [2.45, 2.75) is 6.42 Å². The van der Waals surface area contributed by atoms with E-state index in [1.165, 1.54) is 5.56 Å². The minimum Gasteiger partial charge on any atom is -0.269 e. The summed E-state index contributed by atoms with van der Waals surface area (Å²) in [7, 11) is 5.54. The maximum atomic E-state index is 5.54. The van der Waals surface area contributed by atoms with Gasteiger partial charge in [-0.25, -0.2) is 0 Å². The Balaban J connectivity index is 2.54. The Bertz CT molecular complexity index is 291. The highest BCUT2D eigenvalue weighted by atomic mass is 14.8. The summed E-state index contributed by atoms with van der Waals surface area (Å²) < 4.78 is 0. The van der Waals surface area contributed by atoms with Gasteiger partial charge in [-0.3, -0.25) is 4.99 Å². The molecule has 2 radical (unpaired) electrons. The molecule has 1 heterocycles. The number of hydrogen-bond donors (Lipinski definition) is 0. The molecule has 2 rings (SSSR count). The van der Waals surface area contributed by atoms with E-state index in [-0.39, 0.29) is 0 Å². The van der Waals surface area contributed by atoms with Crippen LogP contribution in [-0.2, 0) is 6.42 Å². The molecular weight excluding hydrogens is 121 g/mol. The standard InChI is InChI=1S/C8H6BN/c9-8-5-6-3-1-2-4-7(6)10-8/h1-4H,5H2. The Morgan fingerprint density at radius 2 is 2.10 bits per heavy atom. The summed E-state index contributed by atoms with van der Waals surface area (Å²) in [4.78, 5) is 4.15. The second-order valence-electron chi connectivity index (χ2n) is 2.41. The topological polar surface area (TPSA) is 12.4 Å². The van der Waals surface area contributed by atoms with Gasteiger partial charge in [0.15, 0.2) is 0 Å². The third-order valence-electron chi connectivity index (χ3n) is 1.63. The molecule has 1 aliphatic heterocycles. The van der Waals surface area contributed by atoms with Crippen molar-refractivity contribution in [1.29, 1.82) is 0 Å². The quantitative estimate of drug-likeness (QED) is 0.467. The molecule has 1 aromatic rings. The fourth-order valence-corrected chi connectivity index (χ4v) is 1.16. The van der Waals surface area contributed by atoms with Gasteiger partial charge in [0, 0.05) is 6.42 Å². The first-order valence-electron chi connectivity index (χ1n) is 3.27. The van der Waals surface area contributed by atoms with E-state index in [9.17, 15) is 0 Å². The summed E-state index contributed by atoms with van der Waals surface area (Å²) in [6.45, 7) is 0. The lowest BCUT2D eigenvalue weighted by atomic mass is 9.97. The van der Waals surface area contributed by atoms with Gasteiger partial charge in [0.2, 0.25) is 0 Å². The minimum absolute atomic E-state index is 0.723. The lowest BCUT2D eigenvalue weighted by molar-refractivity contribution is 1.41. The molecule has 0 unspecified atom stereocenters. The van der Waals surface area contributed by atoms with Crippen LogP contribution in [0, 0.1) is 0 Å². The zero-order chi connectivity index (χ0) is 6.97. The van der Waals surface area contributed by atoms with Crippen LogP contribution in [0.1, 0.15) is 5.56 Å². The Labute approximate surface area is 61.2 Å². The van der Waals surface area contributed by atoms with Crippen molar-refractivity contribution < 1.29 is 0 Å². The van der Waals surface area contributed by atoms with E-state index in [1.807, 2.05) is 18.2 Å². The summed E-state index contributed by atoms with van der Waals surface area (Å²) >= 11 is 0. The number of nitrogens with zero attached hydrogens (tertiary/aromatic N) is 1. The van der Waals surface area contributed by atoms with E-state index in [4.69, 9.17) is 7.85 Å². The number of hydrogen-bond acceptors (Lipinski definition) is 1. The number of rotatable bonds is 0. The summed E-state index contributed by atoms with van der Waals surface area (Å²) in [5.74, 6) is 0. The number of aliphatic imine (C=N–C) groups is 1. The van der Waals surface area contributed by atoms with E-state index >= 15 is 0 Å². The molecule has 0 aliphatic carbocycles. The van der Waals surface area contributed by atoms with Crippen molar-refractivity contribution in [1.82, 2.24) is 0 Å². The molecule has 0 saturated carbocycles. The van der Waals surface area contributed by atoms with Gasteiger partial charge in [-0.15, -0.1) is 0 Å². The highest BCUT2D eigenvalue weighted by Crippen LogP contribution is 2.24. The Kier molecular flexibility index (Phi) is 1.13. The SMILES string of the molecule is [B]C1=Nc2ccccc2C1. The van der Waals surface area contributed by atoms with Crippen LogP contribution in [0.5, 0.6) is 0 Å². The fraction of sp³-hybridized carbons (Fsp3) is 0.125. The third-order valence-corrected chi connectivity index (χ3v) is 1.63. The monoisotopic (exact) mass is 127 g/mol. The molecule has 0 aromatic heterocycles. The highest BCUT2D eigenvalue weighted by Gasteiger charge is 2.07. The molecule has 0 spiro atoms. The van der Waals surface area contributed by atoms with Crippen LogP contribution in [0.4, 0.5) is 5.69 Å². The second-order valence-corrected chi connectivity index (χ2v) is 2.41. The van der Waals surface area contributed by atoms with Crippen molar-refractivity contribution in [3.05, 3.63) is 29.8 Å². The van der Waals surface area contributed by atoms with Crippen LogP contribution in [0.3, 0.4) is 0 Å². The third kappa shape index (κ3) is 0.765. The molecular formula is C8H6BN. The molecule has 46 valence electrons. The summed E-state index contributed by atoms with van der Waals surface area (Å²) in [6, 6.07) is 8.02. The van der Waals surface area contributed by atoms with Gasteiger partial charge in [0.25, 0.3) is 0 Å². The average molecular weight is 127 g/mol. The van der Waals surface area contributed by atoms with Crippen molar-refractivity contribution in [2.24, 2.45) is 4.99 Å². The molecule has 0 N–H and O–H groups in total. The van der Waals surface area contributed by atoms with Crippen LogP contribution in [0.2, 0.25) is 0 Å². The van der Waals surface area contributed by atoms with Gasteiger partial charge in [0.1, 0.15) is 7.85 Å². The van der Waals surface area contributed by atoms with Crippen LogP contribution in [0.25, 0.3) is 0 Å². The summed E-state index contributed by atoms with van der Waals surface area (Å²) in [5.41, 5.74) is 2.99. The minimum atomic E-state index is 0.723. The Morgan fingerprint density at radius 3 is 2.90 bits per heavy atom. The van der Waals surface area contributed by atoms with Crippen molar-refractivity contribution in [2.75, 3.05) is 0 Å². The zero-order valence-corrected chi connectivity index (χ0v) is 5.54. The van der Waals surface area contributed by atoms with E-state index in [0.29, 0.717) is 0 Å². The van der Waals surface area contributed by atoms with Crippen LogP contribution in [-0.4, -0.2) is 13.5 Å². The lowest BCUT2D eigenvalue weighted by Gasteiger charge is -1.91. The highest BCUT2D eigenvalue weighted by molar-refractivity contribution is 6.60. The van der Waals surface area contributed by atoms with Crippen LogP contribution in [0.15, 0.2) is 29.3 Å². The van der Waals surface area contributed by atoms with Gasteiger partial charge in [0.05, 0.1) is 5.69 Å². The van der Waals surface area contributed by atoms with Crippen LogP contribution >= 0.6 is 0 Å². The van der Waals surface area contributed by atoms with Crippen molar-refractivity contribution in [3.8, 4) is 0 Å². The molecule has 0 atom stereocenters. The molecule has 1 nitrogen and oxygen atoms in total. The first kappa shape index (κ1) is 5.72. The first-order chi connectivity index (χ1) is 4.86. The number of fused-ring (bicyclic) bond motifs is 1. The normalized spacial score (nSPS) is 14.6. The molecule has 1 aromatic carbocycles. The smallest absolute Gasteiger partial charge is 0.136 e. The van der Waals surface area contributed by atoms with Gasteiger partial charge in [-0.05, 0) is 17.2 Å².